The number of rotatable bonds is 4. The molecule has 106 valence electrons. The third-order valence-electron chi connectivity index (χ3n) is 3.56. The van der Waals surface area contributed by atoms with E-state index in [1.165, 1.54) is 0 Å². The van der Waals surface area contributed by atoms with E-state index in [0.717, 1.165) is 28.5 Å². The Balaban J connectivity index is 1.92. The van der Waals surface area contributed by atoms with E-state index in [4.69, 9.17) is 0 Å². The Labute approximate surface area is 130 Å². The minimum absolute atomic E-state index is 0.710. The molecule has 3 aromatic rings. The van der Waals surface area contributed by atoms with Crippen LogP contribution in [0, 0.1) is 0 Å². The molecule has 0 heterocycles. The van der Waals surface area contributed by atoms with Gasteiger partial charge < -0.3 is 0 Å². The largest absolute Gasteiger partial charge is 0.298 e. The molecular weight excluding hydrogens is 268 g/mol. The van der Waals surface area contributed by atoms with Crippen LogP contribution in [0.25, 0.3) is 23.3 Å². The summed E-state index contributed by atoms with van der Waals surface area (Å²) < 4.78 is 0. The molecule has 22 heavy (non-hydrogen) atoms. The van der Waals surface area contributed by atoms with E-state index in [1.54, 1.807) is 0 Å². The summed E-state index contributed by atoms with van der Waals surface area (Å²) in [5, 5.41) is 0. The Kier molecular flexibility index (Phi) is 4.26. The fourth-order valence-corrected chi connectivity index (χ4v) is 2.42. The molecule has 3 rings (SSSR count). The maximum absolute atomic E-state index is 11.4. The summed E-state index contributed by atoms with van der Waals surface area (Å²) >= 11 is 0. The van der Waals surface area contributed by atoms with Crippen molar-refractivity contribution < 1.29 is 4.79 Å². The van der Waals surface area contributed by atoms with Crippen LogP contribution >= 0.6 is 0 Å². The summed E-state index contributed by atoms with van der Waals surface area (Å²) in [6.07, 6.45) is 4.99. The fraction of sp³-hybridized carbons (Fsp3) is 0. The first-order valence-corrected chi connectivity index (χ1v) is 7.24. The molecule has 1 heteroatoms. The van der Waals surface area contributed by atoms with Crippen LogP contribution in [0.5, 0.6) is 0 Å². The van der Waals surface area contributed by atoms with Crippen LogP contribution in [0.2, 0.25) is 0 Å². The van der Waals surface area contributed by atoms with Crippen molar-refractivity contribution in [3.05, 3.63) is 95.6 Å². The molecule has 0 radical (unpaired) electrons. The summed E-state index contributed by atoms with van der Waals surface area (Å²) in [4.78, 5) is 11.4. The Morgan fingerprint density at radius 3 is 1.95 bits per heavy atom. The summed E-state index contributed by atoms with van der Waals surface area (Å²) in [6, 6.07) is 26.0. The minimum Gasteiger partial charge on any atom is -0.298 e. The smallest absolute Gasteiger partial charge is 0.150 e. The molecule has 0 fully saturated rings. The molecule has 0 bridgehead atoms. The second-order valence-corrected chi connectivity index (χ2v) is 5.07. The fourth-order valence-electron chi connectivity index (χ4n) is 2.42. The van der Waals surface area contributed by atoms with Gasteiger partial charge in [-0.05, 0) is 28.3 Å². The van der Waals surface area contributed by atoms with Gasteiger partial charge in [-0.2, -0.15) is 0 Å². The molecule has 0 spiro atoms. The standard InChI is InChI=1S/C21H16O/c22-16-20-15-18(12-11-17-7-3-1-4-8-17)13-14-21(20)19-9-5-2-6-10-19/h1-16H. The van der Waals surface area contributed by atoms with Gasteiger partial charge in [0.2, 0.25) is 0 Å². The quantitative estimate of drug-likeness (QED) is 0.467. The molecule has 0 N–H and O–H groups in total. The van der Waals surface area contributed by atoms with Crippen molar-refractivity contribution >= 4 is 18.4 Å². The lowest BCUT2D eigenvalue weighted by Gasteiger charge is -2.06. The van der Waals surface area contributed by atoms with Crippen molar-refractivity contribution in [1.29, 1.82) is 0 Å². The molecule has 0 saturated carbocycles. The van der Waals surface area contributed by atoms with E-state index >= 15 is 0 Å². The van der Waals surface area contributed by atoms with Crippen molar-refractivity contribution in [2.75, 3.05) is 0 Å². The molecule has 0 aliphatic carbocycles. The van der Waals surface area contributed by atoms with Gasteiger partial charge in [0.05, 0.1) is 0 Å². The van der Waals surface area contributed by atoms with Gasteiger partial charge in [0.25, 0.3) is 0 Å². The molecule has 0 saturated heterocycles. The maximum atomic E-state index is 11.4. The van der Waals surface area contributed by atoms with Gasteiger partial charge in [0.15, 0.2) is 6.29 Å². The van der Waals surface area contributed by atoms with Gasteiger partial charge in [0, 0.05) is 5.56 Å². The lowest BCUT2D eigenvalue weighted by Crippen LogP contribution is -1.88. The molecule has 0 atom stereocenters. The SMILES string of the molecule is O=Cc1cc(C=Cc2ccccc2)ccc1-c1ccccc1. The van der Waals surface area contributed by atoms with E-state index in [1.807, 2.05) is 78.9 Å². The van der Waals surface area contributed by atoms with Crippen molar-refractivity contribution in [2.24, 2.45) is 0 Å². The molecule has 3 aromatic carbocycles. The Hall–Kier alpha value is -2.93. The highest BCUT2D eigenvalue weighted by molar-refractivity contribution is 5.89. The van der Waals surface area contributed by atoms with Gasteiger partial charge in [0.1, 0.15) is 0 Å². The summed E-state index contributed by atoms with van der Waals surface area (Å²) in [6.45, 7) is 0. The first-order chi connectivity index (χ1) is 10.9. The van der Waals surface area contributed by atoms with Crippen LogP contribution in [0.4, 0.5) is 0 Å². The zero-order chi connectivity index (χ0) is 15.2. The second kappa shape index (κ2) is 6.68. The summed E-state index contributed by atoms with van der Waals surface area (Å²) in [7, 11) is 0. The lowest BCUT2D eigenvalue weighted by molar-refractivity contribution is 0.112. The number of carbonyl (C=O) groups excluding carboxylic acids is 1. The van der Waals surface area contributed by atoms with Crippen molar-refractivity contribution in [2.45, 2.75) is 0 Å². The van der Waals surface area contributed by atoms with Crippen LogP contribution in [0.15, 0.2) is 78.9 Å². The summed E-state index contributed by atoms with van der Waals surface area (Å²) in [5.74, 6) is 0. The molecule has 0 aliphatic heterocycles. The van der Waals surface area contributed by atoms with E-state index in [9.17, 15) is 4.79 Å². The van der Waals surface area contributed by atoms with E-state index in [0.29, 0.717) is 5.56 Å². The van der Waals surface area contributed by atoms with Crippen LogP contribution in [0.3, 0.4) is 0 Å². The van der Waals surface area contributed by atoms with E-state index in [-0.39, 0.29) is 0 Å². The van der Waals surface area contributed by atoms with Gasteiger partial charge in [-0.25, -0.2) is 0 Å². The van der Waals surface area contributed by atoms with Crippen LogP contribution < -0.4 is 0 Å². The Morgan fingerprint density at radius 1 is 0.636 bits per heavy atom. The number of benzene rings is 3. The highest BCUT2D eigenvalue weighted by Crippen LogP contribution is 2.24. The second-order valence-electron chi connectivity index (χ2n) is 5.07. The third-order valence-corrected chi connectivity index (χ3v) is 3.56. The average molecular weight is 284 g/mol. The topological polar surface area (TPSA) is 17.1 Å². The van der Waals surface area contributed by atoms with Crippen molar-refractivity contribution in [1.82, 2.24) is 0 Å². The van der Waals surface area contributed by atoms with E-state index in [2.05, 4.69) is 12.1 Å². The van der Waals surface area contributed by atoms with Crippen LogP contribution in [-0.4, -0.2) is 6.29 Å². The van der Waals surface area contributed by atoms with Crippen molar-refractivity contribution in [3.63, 3.8) is 0 Å². The first-order valence-electron chi connectivity index (χ1n) is 7.24. The Bertz CT molecular complexity index is 787. The zero-order valence-corrected chi connectivity index (χ0v) is 12.1. The van der Waals surface area contributed by atoms with E-state index < -0.39 is 0 Å². The highest BCUT2D eigenvalue weighted by atomic mass is 16.1. The monoisotopic (exact) mass is 284 g/mol. The minimum atomic E-state index is 0.710. The average Bonchev–Trinajstić information content (AvgIpc) is 2.61. The normalized spacial score (nSPS) is 10.7. The third kappa shape index (κ3) is 3.21. The highest BCUT2D eigenvalue weighted by Gasteiger charge is 2.04. The summed E-state index contributed by atoms with van der Waals surface area (Å²) in [5.41, 5.74) is 4.89. The van der Waals surface area contributed by atoms with Crippen LogP contribution in [0.1, 0.15) is 21.5 Å². The van der Waals surface area contributed by atoms with Gasteiger partial charge in [-0.1, -0.05) is 84.9 Å². The Morgan fingerprint density at radius 2 is 1.27 bits per heavy atom. The lowest BCUT2D eigenvalue weighted by atomic mass is 9.98. The number of hydrogen-bond donors (Lipinski definition) is 0. The van der Waals surface area contributed by atoms with Gasteiger partial charge in [-0.3, -0.25) is 4.79 Å². The first kappa shape index (κ1) is 14.0. The molecular formula is C21H16O. The van der Waals surface area contributed by atoms with Crippen LogP contribution in [-0.2, 0) is 0 Å². The predicted molar refractivity (Wildman–Crippen MR) is 92.6 cm³/mol. The maximum Gasteiger partial charge on any atom is 0.150 e. The number of hydrogen-bond acceptors (Lipinski definition) is 1. The zero-order valence-electron chi connectivity index (χ0n) is 12.1. The molecule has 0 aliphatic rings. The van der Waals surface area contributed by atoms with Crippen molar-refractivity contribution in [3.8, 4) is 11.1 Å². The molecule has 0 unspecified atom stereocenters. The predicted octanol–water partition coefficient (Wildman–Crippen LogP) is 5.34. The van der Waals surface area contributed by atoms with Gasteiger partial charge >= 0.3 is 0 Å². The number of aldehydes is 1. The molecule has 0 amide bonds. The molecule has 1 nitrogen and oxygen atoms in total. The molecule has 0 aromatic heterocycles. The van der Waals surface area contributed by atoms with Gasteiger partial charge in [-0.15, -0.1) is 0 Å². The number of carbonyl (C=O) groups is 1.